The molecule has 0 aromatic heterocycles. The average molecular weight is 313 g/mol. The Hall–Kier alpha value is -1.14. The summed E-state index contributed by atoms with van der Waals surface area (Å²) in [5, 5.41) is 12.0. The molecule has 0 bridgehead atoms. The van der Waals surface area contributed by atoms with Gasteiger partial charge in [0.15, 0.2) is 0 Å². The van der Waals surface area contributed by atoms with Gasteiger partial charge in [0.25, 0.3) is 0 Å². The van der Waals surface area contributed by atoms with Crippen LogP contribution < -0.4 is 5.32 Å². The first-order valence-corrected chi connectivity index (χ1v) is 8.35. The number of piperidine rings is 1. The van der Waals surface area contributed by atoms with Crippen LogP contribution >= 0.6 is 0 Å². The predicted molar refractivity (Wildman–Crippen MR) is 86.8 cm³/mol. The molecule has 1 rings (SSSR count). The highest BCUT2D eigenvalue weighted by molar-refractivity contribution is 5.81. The molecule has 0 radical (unpaired) electrons. The second kappa shape index (κ2) is 9.10. The molecule has 1 amide bonds. The number of likely N-dealkylation sites (tertiary alicyclic amines) is 1. The van der Waals surface area contributed by atoms with E-state index < -0.39 is 5.97 Å². The molecule has 1 atom stereocenters. The number of nitrogens with one attached hydrogen (secondary N) is 1. The van der Waals surface area contributed by atoms with E-state index in [1.165, 1.54) is 0 Å². The summed E-state index contributed by atoms with van der Waals surface area (Å²) in [6, 6.07) is 0.433. The van der Waals surface area contributed by atoms with Crippen LogP contribution in [0.4, 0.5) is 0 Å². The molecule has 22 heavy (non-hydrogen) atoms. The van der Waals surface area contributed by atoms with Crippen LogP contribution in [0.1, 0.15) is 46.5 Å². The van der Waals surface area contributed by atoms with Gasteiger partial charge in [-0.15, -0.1) is 0 Å². The lowest BCUT2D eigenvalue weighted by atomic mass is 10.0. The molecule has 1 aliphatic rings. The smallest absolute Gasteiger partial charge is 0.317 e. The molecule has 0 spiro atoms. The van der Waals surface area contributed by atoms with Gasteiger partial charge in [-0.3, -0.25) is 19.4 Å². The normalized spacial score (nSPS) is 18.6. The maximum atomic E-state index is 12.3. The van der Waals surface area contributed by atoms with E-state index in [1.807, 2.05) is 18.9 Å². The number of likely N-dealkylation sites (N-methyl/N-ethyl adjacent to an activating group) is 1. The van der Waals surface area contributed by atoms with Crippen molar-refractivity contribution in [2.75, 3.05) is 26.7 Å². The van der Waals surface area contributed by atoms with Crippen molar-refractivity contribution in [2.45, 2.75) is 64.6 Å². The van der Waals surface area contributed by atoms with Gasteiger partial charge in [0.2, 0.25) is 5.91 Å². The Bertz CT molecular complexity index is 364. The van der Waals surface area contributed by atoms with Gasteiger partial charge in [0.1, 0.15) is 0 Å². The molecule has 0 saturated carbocycles. The Balaban J connectivity index is 2.43. The van der Waals surface area contributed by atoms with E-state index >= 15 is 0 Å². The van der Waals surface area contributed by atoms with Crippen LogP contribution in [0.5, 0.6) is 0 Å². The van der Waals surface area contributed by atoms with Crippen molar-refractivity contribution in [3.63, 3.8) is 0 Å². The minimum absolute atomic E-state index is 0.0788. The first-order chi connectivity index (χ1) is 10.4. The first kappa shape index (κ1) is 18.9. The molecular weight excluding hydrogens is 282 g/mol. The molecule has 2 N–H and O–H groups in total. The molecule has 0 aromatic carbocycles. The minimum Gasteiger partial charge on any atom is -0.480 e. The number of aliphatic carboxylic acids is 1. The maximum absolute atomic E-state index is 12.3. The fourth-order valence-corrected chi connectivity index (χ4v) is 3.04. The lowest BCUT2D eigenvalue weighted by molar-refractivity contribution is -0.138. The Morgan fingerprint density at radius 2 is 1.82 bits per heavy atom. The minimum atomic E-state index is -0.789. The number of hydrogen-bond acceptors (Lipinski definition) is 4. The summed E-state index contributed by atoms with van der Waals surface area (Å²) >= 11 is 0. The number of rotatable bonds is 8. The average Bonchev–Trinajstić information content (AvgIpc) is 2.51. The quantitative estimate of drug-likeness (QED) is 0.703. The number of hydrogen-bond donors (Lipinski definition) is 2. The number of carboxylic acid groups (broad SMARTS) is 1. The van der Waals surface area contributed by atoms with Gasteiger partial charge in [-0.1, -0.05) is 13.8 Å². The van der Waals surface area contributed by atoms with Gasteiger partial charge >= 0.3 is 5.97 Å². The summed E-state index contributed by atoms with van der Waals surface area (Å²) in [5.74, 6) is -0.686. The van der Waals surface area contributed by atoms with Crippen molar-refractivity contribution >= 4 is 11.9 Å². The van der Waals surface area contributed by atoms with Crippen LogP contribution in [0.15, 0.2) is 0 Å². The Labute approximate surface area is 133 Å². The molecule has 128 valence electrons. The zero-order chi connectivity index (χ0) is 16.7. The second-order valence-electron chi connectivity index (χ2n) is 6.27. The Morgan fingerprint density at radius 1 is 1.27 bits per heavy atom. The van der Waals surface area contributed by atoms with E-state index in [2.05, 4.69) is 24.1 Å². The highest BCUT2D eigenvalue weighted by atomic mass is 16.4. The van der Waals surface area contributed by atoms with Gasteiger partial charge < -0.3 is 10.4 Å². The van der Waals surface area contributed by atoms with E-state index in [0.29, 0.717) is 6.04 Å². The Morgan fingerprint density at radius 3 is 2.27 bits per heavy atom. The Kier molecular flexibility index (Phi) is 7.82. The summed E-state index contributed by atoms with van der Waals surface area (Å²) in [7, 11) is 1.86. The van der Waals surface area contributed by atoms with Crippen molar-refractivity contribution in [3.05, 3.63) is 0 Å². The van der Waals surface area contributed by atoms with Gasteiger partial charge in [-0.25, -0.2) is 0 Å². The maximum Gasteiger partial charge on any atom is 0.317 e. The van der Waals surface area contributed by atoms with Crippen molar-refractivity contribution in [1.29, 1.82) is 0 Å². The van der Waals surface area contributed by atoms with Crippen molar-refractivity contribution in [2.24, 2.45) is 0 Å². The molecule has 1 heterocycles. The lowest BCUT2D eigenvalue weighted by Gasteiger charge is -2.38. The van der Waals surface area contributed by atoms with Gasteiger partial charge in [0.05, 0.1) is 12.6 Å². The molecule has 1 aliphatic heterocycles. The number of carbonyl (C=O) groups is 2. The van der Waals surface area contributed by atoms with E-state index in [0.717, 1.165) is 38.8 Å². The zero-order valence-electron chi connectivity index (χ0n) is 14.3. The molecule has 1 saturated heterocycles. The third kappa shape index (κ3) is 5.57. The van der Waals surface area contributed by atoms with Crippen molar-refractivity contribution in [1.82, 2.24) is 15.1 Å². The molecule has 0 aliphatic carbocycles. The predicted octanol–water partition coefficient (Wildman–Crippen LogP) is 1.16. The number of nitrogens with zero attached hydrogens (tertiary/aromatic N) is 2. The van der Waals surface area contributed by atoms with E-state index in [4.69, 9.17) is 5.11 Å². The largest absolute Gasteiger partial charge is 0.480 e. The standard InChI is InChI=1S/C16H31N3O3/c1-5-13(6-2)17-16(22)12(3)19-9-7-14(8-10-19)18(4)11-15(20)21/h12-14H,5-11H2,1-4H3,(H,17,22)(H,20,21). The first-order valence-electron chi connectivity index (χ1n) is 8.35. The molecule has 1 unspecified atom stereocenters. The molecule has 6 heteroatoms. The SMILES string of the molecule is CCC(CC)NC(=O)C(C)N1CCC(N(C)CC(=O)O)CC1. The van der Waals surface area contributed by atoms with Crippen molar-refractivity contribution in [3.8, 4) is 0 Å². The van der Waals surface area contributed by atoms with Gasteiger partial charge in [0, 0.05) is 25.2 Å². The van der Waals surface area contributed by atoms with E-state index in [-0.39, 0.29) is 24.5 Å². The zero-order valence-corrected chi connectivity index (χ0v) is 14.3. The van der Waals surface area contributed by atoms with Crippen LogP contribution in [0.2, 0.25) is 0 Å². The van der Waals surface area contributed by atoms with Crippen LogP contribution in [0.25, 0.3) is 0 Å². The third-order valence-electron chi connectivity index (χ3n) is 4.77. The third-order valence-corrected chi connectivity index (χ3v) is 4.77. The fraction of sp³-hybridized carbons (Fsp3) is 0.875. The topological polar surface area (TPSA) is 72.9 Å². The molecule has 1 fully saturated rings. The second-order valence-corrected chi connectivity index (χ2v) is 6.27. The van der Waals surface area contributed by atoms with Gasteiger partial charge in [-0.05, 0) is 39.7 Å². The van der Waals surface area contributed by atoms with Crippen LogP contribution in [-0.2, 0) is 9.59 Å². The number of carbonyl (C=O) groups excluding carboxylic acids is 1. The highest BCUT2D eigenvalue weighted by Crippen LogP contribution is 2.17. The monoisotopic (exact) mass is 313 g/mol. The molecular formula is C16H31N3O3. The molecule has 6 nitrogen and oxygen atoms in total. The summed E-state index contributed by atoms with van der Waals surface area (Å²) in [6.07, 6.45) is 3.73. The fourth-order valence-electron chi connectivity index (χ4n) is 3.04. The van der Waals surface area contributed by atoms with Gasteiger partial charge in [-0.2, -0.15) is 0 Å². The summed E-state index contributed by atoms with van der Waals surface area (Å²) in [6.45, 7) is 7.89. The summed E-state index contributed by atoms with van der Waals surface area (Å²) < 4.78 is 0. The van der Waals surface area contributed by atoms with Crippen LogP contribution in [-0.4, -0.2) is 71.6 Å². The highest BCUT2D eigenvalue weighted by Gasteiger charge is 2.29. The van der Waals surface area contributed by atoms with Crippen LogP contribution in [0, 0.1) is 0 Å². The van der Waals surface area contributed by atoms with Crippen LogP contribution in [0.3, 0.4) is 0 Å². The summed E-state index contributed by atoms with van der Waals surface area (Å²) in [5.41, 5.74) is 0. The summed E-state index contributed by atoms with van der Waals surface area (Å²) in [4.78, 5) is 27.2. The van der Waals surface area contributed by atoms with E-state index in [1.54, 1.807) is 0 Å². The molecule has 0 aromatic rings. The van der Waals surface area contributed by atoms with Crippen molar-refractivity contribution < 1.29 is 14.7 Å². The van der Waals surface area contributed by atoms with E-state index in [9.17, 15) is 9.59 Å². The number of amides is 1. The number of carboxylic acids is 1. The lowest BCUT2D eigenvalue weighted by Crippen LogP contribution is -2.52.